The molecular formula is C20H21ClN2O2S. The summed E-state index contributed by atoms with van der Waals surface area (Å²) in [4.78, 5) is 26.1. The summed E-state index contributed by atoms with van der Waals surface area (Å²) >= 11 is 7.39. The average Bonchev–Trinajstić information content (AvgIpc) is 2.99. The van der Waals surface area contributed by atoms with E-state index in [2.05, 4.69) is 10.6 Å². The first-order valence-electron chi connectivity index (χ1n) is 8.76. The molecule has 2 aromatic rings. The number of rotatable bonds is 5. The van der Waals surface area contributed by atoms with Gasteiger partial charge >= 0.3 is 0 Å². The summed E-state index contributed by atoms with van der Waals surface area (Å²) in [5.74, 6) is -0.354. The van der Waals surface area contributed by atoms with Crippen LogP contribution in [0.5, 0.6) is 0 Å². The number of amides is 2. The second-order valence-corrected chi connectivity index (χ2v) is 7.69. The molecule has 1 aliphatic rings. The van der Waals surface area contributed by atoms with Crippen LogP contribution in [0.1, 0.15) is 46.1 Å². The summed E-state index contributed by atoms with van der Waals surface area (Å²) in [7, 11) is 0. The standard InChI is InChI=1S/C20H21ClN2O2S/c1-2-22-19(25)18-15-5-3-4-6-16(15)26-20(18)23-17(24)12-9-13-7-10-14(21)11-8-13/h7-12H,2-6H2,1H3,(H,22,25)(H,23,24). The number of hydrogen-bond acceptors (Lipinski definition) is 3. The van der Waals surface area contributed by atoms with E-state index in [4.69, 9.17) is 11.6 Å². The fourth-order valence-corrected chi connectivity index (χ4v) is 4.46. The summed E-state index contributed by atoms with van der Waals surface area (Å²) in [5, 5.41) is 7.06. The van der Waals surface area contributed by atoms with Gasteiger partial charge in [0.2, 0.25) is 5.91 Å². The Morgan fingerprint density at radius 3 is 2.65 bits per heavy atom. The number of anilines is 1. The summed E-state index contributed by atoms with van der Waals surface area (Å²) in [6, 6.07) is 7.24. The van der Waals surface area contributed by atoms with E-state index in [0.717, 1.165) is 36.8 Å². The molecule has 0 radical (unpaired) electrons. The molecule has 0 aliphatic heterocycles. The molecule has 2 N–H and O–H groups in total. The number of hydrogen-bond donors (Lipinski definition) is 2. The highest BCUT2D eigenvalue weighted by atomic mass is 35.5. The van der Waals surface area contributed by atoms with Crippen LogP contribution in [-0.4, -0.2) is 18.4 Å². The molecule has 1 aromatic heterocycles. The second-order valence-electron chi connectivity index (χ2n) is 6.15. The maximum atomic E-state index is 12.5. The van der Waals surface area contributed by atoms with E-state index in [-0.39, 0.29) is 11.8 Å². The highest BCUT2D eigenvalue weighted by Crippen LogP contribution is 2.38. The van der Waals surface area contributed by atoms with Crippen molar-refractivity contribution in [2.75, 3.05) is 11.9 Å². The van der Waals surface area contributed by atoms with Crippen molar-refractivity contribution in [1.29, 1.82) is 0 Å². The third-order valence-corrected chi connectivity index (χ3v) is 5.73. The van der Waals surface area contributed by atoms with E-state index in [1.165, 1.54) is 22.3 Å². The molecule has 0 atom stereocenters. The van der Waals surface area contributed by atoms with Crippen LogP contribution in [0.15, 0.2) is 30.3 Å². The summed E-state index contributed by atoms with van der Waals surface area (Å²) < 4.78 is 0. The molecule has 0 fully saturated rings. The Morgan fingerprint density at radius 1 is 1.19 bits per heavy atom. The predicted octanol–water partition coefficient (Wildman–Crippen LogP) is 4.68. The topological polar surface area (TPSA) is 58.2 Å². The van der Waals surface area contributed by atoms with Crippen LogP contribution >= 0.6 is 22.9 Å². The van der Waals surface area contributed by atoms with Crippen molar-refractivity contribution in [2.24, 2.45) is 0 Å². The lowest BCUT2D eigenvalue weighted by Gasteiger charge is -2.12. The fraction of sp³-hybridized carbons (Fsp3) is 0.300. The monoisotopic (exact) mass is 388 g/mol. The first-order valence-corrected chi connectivity index (χ1v) is 9.95. The minimum Gasteiger partial charge on any atom is -0.352 e. The molecule has 1 heterocycles. The van der Waals surface area contributed by atoms with Crippen LogP contribution in [0.2, 0.25) is 5.02 Å². The van der Waals surface area contributed by atoms with Crippen molar-refractivity contribution in [1.82, 2.24) is 5.32 Å². The van der Waals surface area contributed by atoms with Gasteiger partial charge < -0.3 is 10.6 Å². The smallest absolute Gasteiger partial charge is 0.254 e. The quantitative estimate of drug-likeness (QED) is 0.730. The number of carbonyl (C=O) groups is 2. The van der Waals surface area contributed by atoms with Crippen molar-refractivity contribution >= 4 is 45.8 Å². The van der Waals surface area contributed by atoms with Crippen molar-refractivity contribution in [3.05, 3.63) is 56.9 Å². The highest BCUT2D eigenvalue weighted by Gasteiger charge is 2.25. The van der Waals surface area contributed by atoms with E-state index in [1.807, 2.05) is 19.1 Å². The molecule has 2 amide bonds. The average molecular weight is 389 g/mol. The predicted molar refractivity (Wildman–Crippen MR) is 108 cm³/mol. The van der Waals surface area contributed by atoms with Crippen LogP contribution in [0.25, 0.3) is 6.08 Å². The number of nitrogens with one attached hydrogen (secondary N) is 2. The van der Waals surface area contributed by atoms with Gasteiger partial charge in [0.15, 0.2) is 0 Å². The number of aryl methyl sites for hydroxylation is 1. The lowest BCUT2D eigenvalue weighted by Crippen LogP contribution is -2.25. The zero-order valence-corrected chi connectivity index (χ0v) is 16.2. The van der Waals surface area contributed by atoms with E-state index in [9.17, 15) is 9.59 Å². The molecule has 3 rings (SSSR count). The maximum absolute atomic E-state index is 12.5. The van der Waals surface area contributed by atoms with Crippen LogP contribution in [0, 0.1) is 0 Å². The van der Waals surface area contributed by atoms with E-state index in [0.29, 0.717) is 22.1 Å². The van der Waals surface area contributed by atoms with Gasteiger partial charge in [-0.05, 0) is 61.9 Å². The third kappa shape index (κ3) is 4.34. The van der Waals surface area contributed by atoms with Crippen LogP contribution in [0.3, 0.4) is 0 Å². The Kier molecular flexibility index (Phi) is 6.12. The first kappa shape index (κ1) is 18.7. The molecular weight excluding hydrogens is 368 g/mol. The molecule has 0 spiro atoms. The number of benzene rings is 1. The van der Waals surface area contributed by atoms with Crippen molar-refractivity contribution in [3.63, 3.8) is 0 Å². The second kappa shape index (κ2) is 8.52. The molecule has 0 saturated carbocycles. The van der Waals surface area contributed by atoms with Gasteiger partial charge in [0.05, 0.1) is 5.56 Å². The minimum atomic E-state index is -0.246. The van der Waals surface area contributed by atoms with Gasteiger partial charge in [-0.15, -0.1) is 11.3 Å². The Hall–Kier alpha value is -2.11. The third-order valence-electron chi connectivity index (χ3n) is 4.27. The SMILES string of the molecule is CCNC(=O)c1c(NC(=O)C=Cc2ccc(Cl)cc2)sc2c1CCCC2. The normalized spacial score (nSPS) is 13.5. The van der Waals surface area contributed by atoms with E-state index >= 15 is 0 Å². The Labute approximate surface area is 162 Å². The van der Waals surface area contributed by atoms with E-state index < -0.39 is 0 Å². The molecule has 4 nitrogen and oxygen atoms in total. The molecule has 0 bridgehead atoms. The van der Waals surface area contributed by atoms with Crippen molar-refractivity contribution in [3.8, 4) is 0 Å². The minimum absolute atomic E-state index is 0.108. The van der Waals surface area contributed by atoms with E-state index in [1.54, 1.807) is 18.2 Å². The Morgan fingerprint density at radius 2 is 1.92 bits per heavy atom. The number of halogens is 1. The zero-order chi connectivity index (χ0) is 18.5. The molecule has 136 valence electrons. The number of carbonyl (C=O) groups excluding carboxylic acids is 2. The molecule has 6 heteroatoms. The molecule has 1 aliphatic carbocycles. The van der Waals surface area contributed by atoms with Gasteiger partial charge in [-0.25, -0.2) is 0 Å². The van der Waals surface area contributed by atoms with Crippen molar-refractivity contribution < 1.29 is 9.59 Å². The number of fused-ring (bicyclic) bond motifs is 1. The largest absolute Gasteiger partial charge is 0.352 e. The van der Waals surface area contributed by atoms with Crippen molar-refractivity contribution in [2.45, 2.75) is 32.6 Å². The van der Waals surface area contributed by atoms with Gasteiger partial charge in [-0.3, -0.25) is 9.59 Å². The number of thiophene rings is 1. The maximum Gasteiger partial charge on any atom is 0.254 e. The zero-order valence-electron chi connectivity index (χ0n) is 14.6. The molecule has 0 unspecified atom stereocenters. The molecule has 0 saturated heterocycles. The Balaban J connectivity index is 1.80. The summed E-state index contributed by atoms with van der Waals surface area (Å²) in [6.07, 6.45) is 7.29. The van der Waals surface area contributed by atoms with Gasteiger partial charge in [0.25, 0.3) is 5.91 Å². The lowest BCUT2D eigenvalue weighted by molar-refractivity contribution is -0.111. The molecule has 26 heavy (non-hydrogen) atoms. The highest BCUT2D eigenvalue weighted by molar-refractivity contribution is 7.17. The van der Waals surface area contributed by atoms with Crippen LogP contribution < -0.4 is 10.6 Å². The lowest BCUT2D eigenvalue weighted by atomic mass is 9.95. The fourth-order valence-electron chi connectivity index (χ4n) is 3.04. The van der Waals surface area contributed by atoms with Gasteiger partial charge in [-0.2, -0.15) is 0 Å². The summed E-state index contributed by atoms with van der Waals surface area (Å²) in [5.41, 5.74) is 2.63. The first-order chi connectivity index (χ1) is 12.6. The van der Waals surface area contributed by atoms with Gasteiger partial charge in [0, 0.05) is 22.5 Å². The van der Waals surface area contributed by atoms with Gasteiger partial charge in [-0.1, -0.05) is 23.7 Å². The van der Waals surface area contributed by atoms with Crippen LogP contribution in [0.4, 0.5) is 5.00 Å². The Bertz CT molecular complexity index is 840. The van der Waals surface area contributed by atoms with Gasteiger partial charge in [0.1, 0.15) is 5.00 Å². The van der Waals surface area contributed by atoms with Crippen LogP contribution in [-0.2, 0) is 17.6 Å². The summed E-state index contributed by atoms with van der Waals surface area (Å²) in [6.45, 7) is 2.46. The molecule has 1 aromatic carbocycles.